The van der Waals surface area contributed by atoms with Crippen LogP contribution in [0.4, 0.5) is 11.4 Å². The second kappa shape index (κ2) is 5.91. The first kappa shape index (κ1) is 15.6. The number of carbonyl (C=O) groups is 2. The summed E-state index contributed by atoms with van der Waals surface area (Å²) in [7, 11) is 0. The van der Waals surface area contributed by atoms with Gasteiger partial charge >= 0.3 is 0 Å². The monoisotopic (exact) mass is 312 g/mol. The largest absolute Gasteiger partial charge is 0.482 e. The van der Waals surface area contributed by atoms with Crippen molar-refractivity contribution in [1.82, 2.24) is 0 Å². The van der Waals surface area contributed by atoms with Crippen molar-refractivity contribution in [2.75, 3.05) is 23.8 Å². The van der Waals surface area contributed by atoms with Gasteiger partial charge in [-0.3, -0.25) is 9.59 Å². The molecule has 1 aliphatic rings. The average Bonchev–Trinajstić information content (AvgIpc) is 2.37. The highest BCUT2D eigenvalue weighted by Gasteiger charge is 2.19. The predicted molar refractivity (Wildman–Crippen MR) is 79.9 cm³/mol. The molecule has 7 heteroatoms. The van der Waals surface area contributed by atoms with E-state index >= 15 is 0 Å². The molecule has 1 heterocycles. The van der Waals surface area contributed by atoms with E-state index in [0.717, 1.165) is 0 Å². The zero-order chi connectivity index (χ0) is 15.6. The molecule has 0 unspecified atom stereocenters. The molecule has 21 heavy (non-hydrogen) atoms. The standard InChI is InChI=1S/C14H17ClN2O4/c1-14(2,3)21-7-13(19)16-9-5-11-10(4-8(9)15)17-12(18)6-20-11/h4-5H,6-7H2,1-3H3,(H,16,19)(H,17,18). The number of nitrogens with one attached hydrogen (secondary N) is 2. The number of carbonyl (C=O) groups excluding carboxylic acids is 2. The Balaban J connectivity index is 2.07. The van der Waals surface area contributed by atoms with Gasteiger partial charge in [0.15, 0.2) is 6.61 Å². The van der Waals surface area contributed by atoms with Crippen molar-refractivity contribution < 1.29 is 19.1 Å². The van der Waals surface area contributed by atoms with Crippen LogP contribution in [-0.4, -0.2) is 30.6 Å². The van der Waals surface area contributed by atoms with Crippen molar-refractivity contribution in [2.24, 2.45) is 0 Å². The van der Waals surface area contributed by atoms with Crippen molar-refractivity contribution in [2.45, 2.75) is 26.4 Å². The number of anilines is 2. The summed E-state index contributed by atoms with van der Waals surface area (Å²) in [6.45, 7) is 5.46. The molecule has 0 spiro atoms. The molecular formula is C14H17ClN2O4. The van der Waals surface area contributed by atoms with Gasteiger partial charge < -0.3 is 20.1 Å². The summed E-state index contributed by atoms with van der Waals surface area (Å²) in [4.78, 5) is 23.0. The summed E-state index contributed by atoms with van der Waals surface area (Å²) >= 11 is 6.08. The summed E-state index contributed by atoms with van der Waals surface area (Å²) in [6.07, 6.45) is 0. The van der Waals surface area contributed by atoms with Gasteiger partial charge in [-0.2, -0.15) is 0 Å². The summed E-state index contributed by atoms with van der Waals surface area (Å²) in [6, 6.07) is 3.11. The quantitative estimate of drug-likeness (QED) is 0.898. The minimum absolute atomic E-state index is 0.0604. The van der Waals surface area contributed by atoms with Crippen molar-refractivity contribution in [3.8, 4) is 5.75 Å². The third-order valence-corrected chi connectivity index (χ3v) is 2.93. The number of rotatable bonds is 3. The smallest absolute Gasteiger partial charge is 0.262 e. The number of amides is 2. The number of fused-ring (bicyclic) bond motifs is 1. The van der Waals surface area contributed by atoms with E-state index in [2.05, 4.69) is 10.6 Å². The van der Waals surface area contributed by atoms with Crippen LogP contribution in [0.1, 0.15) is 20.8 Å². The molecule has 0 bridgehead atoms. The first-order chi connectivity index (χ1) is 9.74. The zero-order valence-electron chi connectivity index (χ0n) is 12.1. The van der Waals surface area contributed by atoms with Crippen molar-refractivity contribution >= 4 is 34.8 Å². The van der Waals surface area contributed by atoms with E-state index in [1.165, 1.54) is 6.07 Å². The molecule has 0 radical (unpaired) electrons. The van der Waals surface area contributed by atoms with Crippen LogP contribution in [0.5, 0.6) is 5.75 Å². The fourth-order valence-electron chi connectivity index (χ4n) is 1.66. The Bertz CT molecular complexity index is 581. The maximum absolute atomic E-state index is 11.8. The maximum Gasteiger partial charge on any atom is 0.262 e. The Labute approximate surface area is 127 Å². The maximum atomic E-state index is 11.8. The number of halogens is 1. The van der Waals surface area contributed by atoms with Crippen LogP contribution in [-0.2, 0) is 14.3 Å². The van der Waals surface area contributed by atoms with Gasteiger partial charge in [0.05, 0.1) is 22.0 Å². The van der Waals surface area contributed by atoms with E-state index in [1.807, 2.05) is 20.8 Å². The number of hydrogen-bond donors (Lipinski definition) is 2. The molecule has 0 aliphatic carbocycles. The molecule has 6 nitrogen and oxygen atoms in total. The van der Waals surface area contributed by atoms with Gasteiger partial charge in [-0.25, -0.2) is 0 Å². The molecule has 0 saturated carbocycles. The molecule has 0 saturated heterocycles. The molecular weight excluding hydrogens is 296 g/mol. The molecule has 0 fully saturated rings. The Morgan fingerprint density at radius 3 is 2.86 bits per heavy atom. The number of benzene rings is 1. The topological polar surface area (TPSA) is 76.7 Å². The first-order valence-electron chi connectivity index (χ1n) is 6.44. The van der Waals surface area contributed by atoms with Crippen LogP contribution in [0.3, 0.4) is 0 Å². The lowest BCUT2D eigenvalue weighted by atomic mass is 10.2. The lowest BCUT2D eigenvalue weighted by Gasteiger charge is -2.21. The van der Waals surface area contributed by atoms with Gasteiger partial charge in [0.25, 0.3) is 5.91 Å². The third kappa shape index (κ3) is 4.34. The molecule has 1 aliphatic heterocycles. The molecule has 114 valence electrons. The number of hydrogen-bond acceptors (Lipinski definition) is 4. The van der Waals surface area contributed by atoms with Gasteiger partial charge in [-0.05, 0) is 26.8 Å². The minimum atomic E-state index is -0.398. The van der Waals surface area contributed by atoms with E-state index in [1.54, 1.807) is 6.07 Å². The predicted octanol–water partition coefficient (Wildman–Crippen LogP) is 2.42. The number of ether oxygens (including phenoxy) is 2. The highest BCUT2D eigenvalue weighted by atomic mass is 35.5. The van der Waals surface area contributed by atoms with Crippen molar-refractivity contribution in [1.29, 1.82) is 0 Å². The fourth-order valence-corrected chi connectivity index (χ4v) is 1.88. The molecule has 2 amide bonds. The second-order valence-corrected chi connectivity index (χ2v) is 6.02. The molecule has 1 aromatic carbocycles. The summed E-state index contributed by atoms with van der Waals surface area (Å²) in [5.41, 5.74) is 0.499. The van der Waals surface area contributed by atoms with E-state index in [9.17, 15) is 9.59 Å². The van der Waals surface area contributed by atoms with E-state index in [0.29, 0.717) is 22.1 Å². The van der Waals surface area contributed by atoms with E-state index in [4.69, 9.17) is 21.1 Å². The summed E-state index contributed by atoms with van der Waals surface area (Å²) in [5.74, 6) is -0.0911. The van der Waals surface area contributed by atoms with Gasteiger partial charge in [-0.1, -0.05) is 11.6 Å². The zero-order valence-corrected chi connectivity index (χ0v) is 12.8. The minimum Gasteiger partial charge on any atom is -0.482 e. The van der Waals surface area contributed by atoms with Crippen LogP contribution < -0.4 is 15.4 Å². The summed E-state index contributed by atoms with van der Waals surface area (Å²) < 4.78 is 10.7. The molecule has 0 aromatic heterocycles. The van der Waals surface area contributed by atoms with E-state index < -0.39 is 5.60 Å². The van der Waals surface area contributed by atoms with Crippen LogP contribution in [0.2, 0.25) is 5.02 Å². The van der Waals surface area contributed by atoms with Crippen molar-refractivity contribution in [3.63, 3.8) is 0 Å². The Kier molecular flexibility index (Phi) is 4.39. The van der Waals surface area contributed by atoms with Crippen LogP contribution in [0.15, 0.2) is 12.1 Å². The fraction of sp³-hybridized carbons (Fsp3) is 0.429. The highest BCUT2D eigenvalue weighted by Crippen LogP contribution is 2.36. The first-order valence-corrected chi connectivity index (χ1v) is 6.82. The Morgan fingerprint density at radius 1 is 1.48 bits per heavy atom. The van der Waals surface area contributed by atoms with Gasteiger partial charge in [0, 0.05) is 6.07 Å². The molecule has 1 aromatic rings. The second-order valence-electron chi connectivity index (χ2n) is 5.61. The SMILES string of the molecule is CC(C)(C)OCC(=O)Nc1cc2c(cc1Cl)NC(=O)CO2. The van der Waals surface area contributed by atoms with Crippen LogP contribution >= 0.6 is 11.6 Å². The van der Waals surface area contributed by atoms with Gasteiger partial charge in [0.1, 0.15) is 12.4 Å². The Morgan fingerprint density at radius 2 is 2.19 bits per heavy atom. The molecule has 2 N–H and O–H groups in total. The average molecular weight is 313 g/mol. The van der Waals surface area contributed by atoms with Gasteiger partial charge in [0.2, 0.25) is 5.91 Å². The van der Waals surface area contributed by atoms with E-state index in [-0.39, 0.29) is 25.0 Å². The molecule has 0 atom stereocenters. The van der Waals surface area contributed by atoms with Crippen LogP contribution in [0, 0.1) is 0 Å². The lowest BCUT2D eigenvalue weighted by molar-refractivity contribution is -0.125. The van der Waals surface area contributed by atoms with Crippen molar-refractivity contribution in [3.05, 3.63) is 17.2 Å². The third-order valence-electron chi connectivity index (χ3n) is 2.61. The normalized spacial score (nSPS) is 14.0. The lowest BCUT2D eigenvalue weighted by Crippen LogP contribution is -2.27. The summed E-state index contributed by atoms with van der Waals surface area (Å²) in [5, 5.41) is 5.60. The van der Waals surface area contributed by atoms with Crippen LogP contribution in [0.25, 0.3) is 0 Å². The van der Waals surface area contributed by atoms with Gasteiger partial charge in [-0.15, -0.1) is 0 Å². The highest BCUT2D eigenvalue weighted by molar-refractivity contribution is 6.34. The Hall–Kier alpha value is -1.79. The molecule has 2 rings (SSSR count).